The van der Waals surface area contributed by atoms with Crippen molar-refractivity contribution in [3.05, 3.63) is 89.5 Å². The van der Waals surface area contributed by atoms with Gasteiger partial charge in [0, 0.05) is 6.54 Å². The van der Waals surface area contributed by atoms with Gasteiger partial charge >= 0.3 is 5.97 Å². The van der Waals surface area contributed by atoms with Crippen molar-refractivity contribution in [2.45, 2.75) is 25.4 Å². The fraction of sp³-hybridized carbons (Fsp3) is 0.250. The summed E-state index contributed by atoms with van der Waals surface area (Å²) in [5, 5.41) is 20.3. The number of aliphatic carboxylic acids is 1. The third kappa shape index (κ3) is 5.25. The number of benzene rings is 3. The second kappa shape index (κ2) is 10.5. The first kappa shape index (κ1) is 24.2. The van der Waals surface area contributed by atoms with Crippen molar-refractivity contribution in [1.29, 1.82) is 0 Å². The number of fused-ring (bicyclic) bond motifs is 1. The number of methoxy groups -OCH3 is 1. The summed E-state index contributed by atoms with van der Waals surface area (Å²) in [6.45, 7) is -0.0586. The number of hydrogen-bond donors (Lipinski definition) is 2. The van der Waals surface area contributed by atoms with E-state index in [1.165, 1.54) is 0 Å². The Balaban J connectivity index is 1.33. The van der Waals surface area contributed by atoms with E-state index in [2.05, 4.69) is 0 Å². The largest absolute Gasteiger partial charge is 0.497 e. The summed E-state index contributed by atoms with van der Waals surface area (Å²) in [5.74, 6) is -2.31. The number of imide groups is 1. The van der Waals surface area contributed by atoms with Crippen molar-refractivity contribution in [1.82, 2.24) is 4.90 Å². The minimum absolute atomic E-state index is 0.0155. The smallest absolute Gasteiger partial charge is 0.309 e. The van der Waals surface area contributed by atoms with E-state index in [-0.39, 0.29) is 19.4 Å². The summed E-state index contributed by atoms with van der Waals surface area (Å²) < 4.78 is 5.18. The SMILES string of the molecule is COc1ccc(-c2ccc(CC[C@@H](O)[C@H](CCN3C(=O)c4ccccc4C3=O)C(=O)O)cc2)cc1. The topological polar surface area (TPSA) is 104 Å². The van der Waals surface area contributed by atoms with E-state index in [0.717, 1.165) is 27.3 Å². The van der Waals surface area contributed by atoms with Gasteiger partial charge in [-0.25, -0.2) is 0 Å². The van der Waals surface area contributed by atoms with E-state index in [1.807, 2.05) is 48.5 Å². The number of carboxylic acids is 1. The van der Waals surface area contributed by atoms with Crippen molar-refractivity contribution < 1.29 is 29.3 Å². The first-order valence-corrected chi connectivity index (χ1v) is 11.5. The van der Waals surface area contributed by atoms with Gasteiger partial charge in [-0.15, -0.1) is 0 Å². The van der Waals surface area contributed by atoms with Crippen LogP contribution in [0, 0.1) is 5.92 Å². The average molecular weight is 474 g/mol. The zero-order valence-corrected chi connectivity index (χ0v) is 19.4. The number of aryl methyl sites for hydroxylation is 1. The summed E-state index contributed by atoms with van der Waals surface area (Å²) in [7, 11) is 1.62. The second-order valence-corrected chi connectivity index (χ2v) is 8.57. The second-order valence-electron chi connectivity index (χ2n) is 8.57. The van der Waals surface area contributed by atoms with Crippen molar-refractivity contribution in [2.24, 2.45) is 5.92 Å². The molecule has 0 unspecified atom stereocenters. The van der Waals surface area contributed by atoms with Crippen LogP contribution in [-0.4, -0.2) is 52.7 Å². The van der Waals surface area contributed by atoms with Crippen LogP contribution in [0.5, 0.6) is 5.75 Å². The highest BCUT2D eigenvalue weighted by Crippen LogP contribution is 2.26. The molecule has 4 rings (SSSR count). The van der Waals surface area contributed by atoms with Crippen LogP contribution < -0.4 is 4.74 Å². The normalized spacial score (nSPS) is 14.5. The van der Waals surface area contributed by atoms with Gasteiger partial charge in [-0.2, -0.15) is 0 Å². The monoisotopic (exact) mass is 473 g/mol. The fourth-order valence-electron chi connectivity index (χ4n) is 4.35. The predicted molar refractivity (Wildman–Crippen MR) is 130 cm³/mol. The molecule has 0 aliphatic carbocycles. The van der Waals surface area contributed by atoms with Crippen LogP contribution in [0.25, 0.3) is 11.1 Å². The van der Waals surface area contributed by atoms with Gasteiger partial charge in [-0.3, -0.25) is 19.3 Å². The molecule has 3 aromatic carbocycles. The van der Waals surface area contributed by atoms with Crippen LogP contribution in [0.3, 0.4) is 0 Å². The Morgan fingerprint density at radius 3 is 1.91 bits per heavy atom. The minimum atomic E-state index is -1.15. The molecule has 2 atom stereocenters. The highest BCUT2D eigenvalue weighted by molar-refractivity contribution is 6.21. The standard InChI is InChI=1S/C28H27NO6/c1-35-21-13-11-20(12-14-21)19-9-6-18(7-10-19)8-15-25(30)24(28(33)34)16-17-29-26(31)22-4-2-3-5-23(22)27(29)32/h2-7,9-14,24-25,30H,8,15-17H2,1H3,(H,33,34)/t24-,25+/m0/s1. The number of rotatable bonds is 10. The maximum absolute atomic E-state index is 12.5. The number of hydrogen-bond acceptors (Lipinski definition) is 5. The van der Waals surface area contributed by atoms with E-state index < -0.39 is 29.8 Å². The van der Waals surface area contributed by atoms with Gasteiger partial charge in [0.2, 0.25) is 0 Å². The van der Waals surface area contributed by atoms with Crippen LogP contribution in [0.15, 0.2) is 72.8 Å². The lowest BCUT2D eigenvalue weighted by Gasteiger charge is -2.22. The van der Waals surface area contributed by atoms with Crippen molar-refractivity contribution in [2.75, 3.05) is 13.7 Å². The number of ether oxygens (including phenoxy) is 1. The lowest BCUT2D eigenvalue weighted by molar-refractivity contribution is -0.146. The molecule has 0 radical (unpaired) electrons. The van der Waals surface area contributed by atoms with Crippen LogP contribution in [0.2, 0.25) is 0 Å². The summed E-state index contributed by atoms with van der Waals surface area (Å²) in [5.41, 5.74) is 3.72. The van der Waals surface area contributed by atoms with Gasteiger partial charge in [0.1, 0.15) is 5.75 Å². The van der Waals surface area contributed by atoms with Gasteiger partial charge in [-0.1, -0.05) is 48.5 Å². The van der Waals surface area contributed by atoms with Crippen LogP contribution >= 0.6 is 0 Å². The molecule has 3 aromatic rings. The van der Waals surface area contributed by atoms with Crippen LogP contribution in [0.4, 0.5) is 0 Å². The number of aliphatic hydroxyl groups is 1. The highest BCUT2D eigenvalue weighted by atomic mass is 16.5. The van der Waals surface area contributed by atoms with E-state index >= 15 is 0 Å². The molecule has 0 saturated heterocycles. The quantitative estimate of drug-likeness (QED) is 0.431. The molecule has 7 heteroatoms. The van der Waals surface area contributed by atoms with Gasteiger partial charge in [0.15, 0.2) is 0 Å². The van der Waals surface area contributed by atoms with E-state index in [0.29, 0.717) is 17.5 Å². The van der Waals surface area contributed by atoms with Gasteiger partial charge in [0.05, 0.1) is 30.3 Å². The van der Waals surface area contributed by atoms with Gasteiger partial charge < -0.3 is 14.9 Å². The molecule has 0 fully saturated rings. The molecular weight excluding hydrogens is 446 g/mol. The van der Waals surface area contributed by atoms with Crippen LogP contribution in [-0.2, 0) is 11.2 Å². The molecule has 35 heavy (non-hydrogen) atoms. The Labute approximate surface area is 203 Å². The third-order valence-corrected chi connectivity index (χ3v) is 6.43. The van der Waals surface area contributed by atoms with Crippen molar-refractivity contribution in [3.63, 3.8) is 0 Å². The molecule has 1 aliphatic rings. The predicted octanol–water partition coefficient (Wildman–Crippen LogP) is 4.04. The molecule has 0 bridgehead atoms. The van der Waals surface area contributed by atoms with Crippen molar-refractivity contribution >= 4 is 17.8 Å². The zero-order chi connectivity index (χ0) is 24.9. The molecule has 180 valence electrons. The highest BCUT2D eigenvalue weighted by Gasteiger charge is 2.36. The molecule has 0 aromatic heterocycles. The van der Waals surface area contributed by atoms with Gasteiger partial charge in [-0.05, 0) is 60.2 Å². The first-order chi connectivity index (χ1) is 16.9. The molecule has 0 saturated carbocycles. The maximum Gasteiger partial charge on any atom is 0.309 e. The molecule has 7 nitrogen and oxygen atoms in total. The zero-order valence-electron chi connectivity index (χ0n) is 19.4. The lowest BCUT2D eigenvalue weighted by atomic mass is 9.93. The Hall–Kier alpha value is -3.97. The summed E-state index contributed by atoms with van der Waals surface area (Å²) >= 11 is 0. The molecule has 0 spiro atoms. The maximum atomic E-state index is 12.5. The molecule has 2 N–H and O–H groups in total. The number of carbonyl (C=O) groups is 3. The van der Waals surface area contributed by atoms with E-state index in [1.54, 1.807) is 31.4 Å². The van der Waals surface area contributed by atoms with E-state index in [4.69, 9.17) is 4.74 Å². The number of carbonyl (C=O) groups excluding carboxylic acids is 2. The number of aliphatic hydroxyl groups excluding tert-OH is 1. The number of nitrogens with zero attached hydrogens (tertiary/aromatic N) is 1. The lowest BCUT2D eigenvalue weighted by Crippen LogP contribution is -2.36. The summed E-state index contributed by atoms with van der Waals surface area (Å²) in [6.07, 6.45) is -0.371. The number of amides is 2. The summed E-state index contributed by atoms with van der Waals surface area (Å²) in [6, 6.07) is 22.2. The number of carboxylic acid groups (broad SMARTS) is 1. The Morgan fingerprint density at radius 1 is 0.857 bits per heavy atom. The average Bonchev–Trinajstić information content (AvgIpc) is 3.12. The minimum Gasteiger partial charge on any atom is -0.497 e. The molecule has 1 aliphatic heterocycles. The van der Waals surface area contributed by atoms with Gasteiger partial charge in [0.25, 0.3) is 11.8 Å². The summed E-state index contributed by atoms with van der Waals surface area (Å²) in [4.78, 5) is 37.9. The molecular formula is C28H27NO6. The first-order valence-electron chi connectivity index (χ1n) is 11.5. The Kier molecular flexibility index (Phi) is 7.27. The van der Waals surface area contributed by atoms with Crippen molar-refractivity contribution in [3.8, 4) is 16.9 Å². The van der Waals surface area contributed by atoms with E-state index in [9.17, 15) is 24.6 Å². The molecule has 1 heterocycles. The Morgan fingerprint density at radius 2 is 1.40 bits per heavy atom. The van der Waals surface area contributed by atoms with Crippen LogP contribution in [0.1, 0.15) is 39.1 Å². The Bertz CT molecular complexity index is 1180. The molecule has 2 amide bonds. The fourth-order valence-corrected chi connectivity index (χ4v) is 4.35. The third-order valence-electron chi connectivity index (χ3n) is 6.43.